The van der Waals surface area contributed by atoms with Crippen LogP contribution in [-0.4, -0.2) is 26.2 Å². The highest BCUT2D eigenvalue weighted by molar-refractivity contribution is 6.17. The Hall–Kier alpha value is -1.67. The molecular weight excluding hydrogens is 268 g/mol. The van der Waals surface area contributed by atoms with Crippen LogP contribution in [0, 0.1) is 0 Å². The number of alkyl halides is 1. The molecule has 0 radical (unpaired) electrons. The average molecular weight is 287 g/mol. The summed E-state index contributed by atoms with van der Waals surface area (Å²) >= 11 is 5.83. The normalized spacial score (nSPS) is 15.4. The lowest BCUT2D eigenvalue weighted by atomic mass is 10.2. The number of hydrogen-bond acceptors (Lipinski definition) is 2. The van der Waals surface area contributed by atoms with Crippen LogP contribution in [0.1, 0.15) is 5.56 Å². The molecule has 0 aromatic heterocycles. The lowest BCUT2D eigenvalue weighted by Gasteiger charge is -2.37. The first-order valence-corrected chi connectivity index (χ1v) is 7.60. The monoisotopic (exact) mass is 286 g/mol. The van der Waals surface area contributed by atoms with Crippen molar-refractivity contribution in [2.45, 2.75) is 5.88 Å². The van der Waals surface area contributed by atoms with Gasteiger partial charge in [-0.1, -0.05) is 30.3 Å². The molecule has 1 fully saturated rings. The molecule has 1 aliphatic heterocycles. The van der Waals surface area contributed by atoms with Crippen molar-refractivity contribution in [2.75, 3.05) is 36.0 Å². The van der Waals surface area contributed by atoms with Crippen molar-refractivity contribution in [3.63, 3.8) is 0 Å². The molecule has 0 atom stereocenters. The minimum Gasteiger partial charge on any atom is -0.368 e. The number of benzene rings is 2. The summed E-state index contributed by atoms with van der Waals surface area (Å²) in [6, 6.07) is 19.2. The van der Waals surface area contributed by atoms with Gasteiger partial charge < -0.3 is 9.80 Å². The first-order chi connectivity index (χ1) is 9.86. The average Bonchev–Trinajstić information content (AvgIpc) is 2.56. The van der Waals surface area contributed by atoms with Gasteiger partial charge in [0.05, 0.1) is 0 Å². The summed E-state index contributed by atoms with van der Waals surface area (Å²) in [7, 11) is 0. The van der Waals surface area contributed by atoms with Gasteiger partial charge in [-0.15, -0.1) is 11.6 Å². The molecule has 3 rings (SSSR count). The van der Waals surface area contributed by atoms with E-state index in [1.54, 1.807) is 0 Å². The first kappa shape index (κ1) is 13.3. The van der Waals surface area contributed by atoms with E-state index in [1.807, 2.05) is 0 Å². The van der Waals surface area contributed by atoms with Crippen molar-refractivity contribution in [1.29, 1.82) is 0 Å². The second-order valence-corrected chi connectivity index (χ2v) is 5.38. The van der Waals surface area contributed by atoms with Crippen LogP contribution in [-0.2, 0) is 5.88 Å². The Bertz CT molecular complexity index is 531. The van der Waals surface area contributed by atoms with E-state index in [4.69, 9.17) is 11.6 Å². The van der Waals surface area contributed by atoms with Gasteiger partial charge in [0.1, 0.15) is 0 Å². The SMILES string of the molecule is ClCc1ccc(N2CCN(c3ccccc3)CC2)cc1. The smallest absolute Gasteiger partial charge is 0.0474 e. The van der Waals surface area contributed by atoms with E-state index in [-0.39, 0.29) is 0 Å². The molecule has 0 bridgehead atoms. The Morgan fingerprint density at radius 3 is 1.70 bits per heavy atom. The molecule has 0 aliphatic carbocycles. The molecule has 2 aromatic rings. The molecule has 2 nitrogen and oxygen atoms in total. The van der Waals surface area contributed by atoms with E-state index in [9.17, 15) is 0 Å². The number of rotatable bonds is 3. The summed E-state index contributed by atoms with van der Waals surface area (Å²) in [5.41, 5.74) is 3.80. The zero-order valence-corrected chi connectivity index (χ0v) is 12.3. The minimum atomic E-state index is 0.585. The maximum atomic E-state index is 5.83. The maximum absolute atomic E-state index is 5.83. The van der Waals surface area contributed by atoms with Crippen molar-refractivity contribution >= 4 is 23.0 Å². The van der Waals surface area contributed by atoms with Gasteiger partial charge in [-0.25, -0.2) is 0 Å². The van der Waals surface area contributed by atoms with Crippen molar-refractivity contribution in [1.82, 2.24) is 0 Å². The molecule has 3 heteroatoms. The molecule has 1 saturated heterocycles. The van der Waals surface area contributed by atoms with Crippen LogP contribution in [0.5, 0.6) is 0 Å². The Morgan fingerprint density at radius 2 is 1.20 bits per heavy atom. The zero-order chi connectivity index (χ0) is 13.8. The third-order valence-electron chi connectivity index (χ3n) is 3.86. The van der Waals surface area contributed by atoms with Gasteiger partial charge in [-0.2, -0.15) is 0 Å². The van der Waals surface area contributed by atoms with E-state index in [0.717, 1.165) is 26.2 Å². The highest BCUT2D eigenvalue weighted by Crippen LogP contribution is 2.21. The van der Waals surface area contributed by atoms with Crippen LogP contribution in [0.25, 0.3) is 0 Å². The number of nitrogens with zero attached hydrogens (tertiary/aromatic N) is 2. The first-order valence-electron chi connectivity index (χ1n) is 7.06. The van der Waals surface area contributed by atoms with Crippen LogP contribution < -0.4 is 9.80 Å². The molecule has 0 amide bonds. The summed E-state index contributed by atoms with van der Waals surface area (Å²) in [4.78, 5) is 4.89. The topological polar surface area (TPSA) is 6.48 Å². The van der Waals surface area contributed by atoms with E-state index < -0.39 is 0 Å². The summed E-state index contributed by atoms with van der Waals surface area (Å²) in [5, 5.41) is 0. The number of piperazine rings is 1. The largest absolute Gasteiger partial charge is 0.368 e. The van der Waals surface area contributed by atoms with Crippen molar-refractivity contribution < 1.29 is 0 Å². The van der Waals surface area contributed by atoms with Gasteiger partial charge in [0, 0.05) is 43.4 Å². The Labute approximate surface area is 125 Å². The van der Waals surface area contributed by atoms with E-state index >= 15 is 0 Å². The van der Waals surface area contributed by atoms with Crippen LogP contribution in [0.15, 0.2) is 54.6 Å². The van der Waals surface area contributed by atoms with Gasteiger partial charge in [0.2, 0.25) is 0 Å². The molecule has 20 heavy (non-hydrogen) atoms. The fourth-order valence-electron chi connectivity index (χ4n) is 2.66. The van der Waals surface area contributed by atoms with Gasteiger partial charge in [0.25, 0.3) is 0 Å². The Balaban J connectivity index is 1.63. The van der Waals surface area contributed by atoms with Gasteiger partial charge in [-0.05, 0) is 29.8 Å². The summed E-state index contributed by atoms with van der Waals surface area (Å²) in [6.07, 6.45) is 0. The van der Waals surface area contributed by atoms with Gasteiger partial charge >= 0.3 is 0 Å². The van der Waals surface area contributed by atoms with Crippen LogP contribution in [0.2, 0.25) is 0 Å². The van der Waals surface area contributed by atoms with Gasteiger partial charge in [0.15, 0.2) is 0 Å². The van der Waals surface area contributed by atoms with Crippen molar-refractivity contribution in [3.8, 4) is 0 Å². The maximum Gasteiger partial charge on any atom is 0.0474 e. The predicted molar refractivity (Wildman–Crippen MR) is 86.9 cm³/mol. The zero-order valence-electron chi connectivity index (χ0n) is 11.5. The lowest BCUT2D eigenvalue weighted by molar-refractivity contribution is 0.653. The molecule has 104 valence electrons. The highest BCUT2D eigenvalue weighted by atomic mass is 35.5. The van der Waals surface area contributed by atoms with Crippen molar-refractivity contribution in [2.24, 2.45) is 0 Å². The quantitative estimate of drug-likeness (QED) is 0.793. The number of hydrogen-bond donors (Lipinski definition) is 0. The molecule has 1 aliphatic rings. The Morgan fingerprint density at radius 1 is 0.700 bits per heavy atom. The summed E-state index contributed by atoms with van der Waals surface area (Å²) < 4.78 is 0. The third-order valence-corrected chi connectivity index (χ3v) is 4.17. The number of anilines is 2. The predicted octanol–water partition coefficient (Wildman–Crippen LogP) is 3.75. The molecule has 2 aromatic carbocycles. The standard InChI is InChI=1S/C17H19ClN2/c18-14-15-6-8-17(9-7-15)20-12-10-19(11-13-20)16-4-2-1-3-5-16/h1-9H,10-14H2. The molecule has 1 heterocycles. The van der Waals surface area contributed by atoms with E-state index in [0.29, 0.717) is 5.88 Å². The van der Waals surface area contributed by atoms with Crippen LogP contribution >= 0.6 is 11.6 Å². The fraction of sp³-hybridized carbons (Fsp3) is 0.294. The molecule has 0 saturated carbocycles. The summed E-state index contributed by atoms with van der Waals surface area (Å²) in [6.45, 7) is 4.27. The highest BCUT2D eigenvalue weighted by Gasteiger charge is 2.17. The Kier molecular flexibility index (Phi) is 4.12. The van der Waals surface area contributed by atoms with E-state index in [2.05, 4.69) is 64.4 Å². The fourth-order valence-corrected chi connectivity index (χ4v) is 2.84. The number of halogens is 1. The second-order valence-electron chi connectivity index (χ2n) is 5.11. The van der Waals surface area contributed by atoms with Gasteiger partial charge in [-0.3, -0.25) is 0 Å². The van der Waals surface area contributed by atoms with Crippen LogP contribution in [0.4, 0.5) is 11.4 Å². The number of para-hydroxylation sites is 1. The third kappa shape index (κ3) is 2.91. The van der Waals surface area contributed by atoms with Crippen LogP contribution in [0.3, 0.4) is 0 Å². The van der Waals surface area contributed by atoms with Crippen molar-refractivity contribution in [3.05, 3.63) is 60.2 Å². The molecule has 0 unspecified atom stereocenters. The lowest BCUT2D eigenvalue weighted by Crippen LogP contribution is -2.46. The molecule has 0 spiro atoms. The second kappa shape index (κ2) is 6.19. The molecular formula is C17H19ClN2. The van der Waals surface area contributed by atoms with E-state index in [1.165, 1.54) is 16.9 Å². The summed E-state index contributed by atoms with van der Waals surface area (Å²) in [5.74, 6) is 0.585. The molecule has 0 N–H and O–H groups in total. The minimum absolute atomic E-state index is 0.585.